The van der Waals surface area contributed by atoms with Gasteiger partial charge < -0.3 is 20.1 Å². The lowest BCUT2D eigenvalue weighted by Gasteiger charge is -2.34. The molecule has 5 nitrogen and oxygen atoms in total. The van der Waals surface area contributed by atoms with Crippen molar-refractivity contribution < 1.29 is 23.4 Å². The third-order valence-electron chi connectivity index (χ3n) is 4.80. The molecular formula is C18H26F2N2O3. The molecule has 25 heavy (non-hydrogen) atoms. The van der Waals surface area contributed by atoms with E-state index >= 15 is 0 Å². The van der Waals surface area contributed by atoms with Crippen molar-refractivity contribution in [2.75, 3.05) is 13.7 Å². The average Bonchev–Trinajstić information content (AvgIpc) is 2.60. The molecular weight excluding hydrogens is 330 g/mol. The van der Waals surface area contributed by atoms with Crippen LogP contribution in [0.3, 0.4) is 0 Å². The molecule has 0 atom stereocenters. The summed E-state index contributed by atoms with van der Waals surface area (Å²) in [5.41, 5.74) is 1.42. The summed E-state index contributed by atoms with van der Waals surface area (Å²) in [6.45, 7) is -0.730. The lowest BCUT2D eigenvalue weighted by Crippen LogP contribution is -2.45. The van der Waals surface area contributed by atoms with Crippen LogP contribution in [-0.2, 0) is 6.54 Å². The molecule has 140 valence electrons. The second-order valence-corrected chi connectivity index (χ2v) is 6.62. The van der Waals surface area contributed by atoms with E-state index in [2.05, 4.69) is 10.1 Å². The molecule has 0 aromatic heterocycles. The first-order valence-electron chi connectivity index (χ1n) is 8.56. The van der Waals surface area contributed by atoms with E-state index in [1.165, 1.54) is 6.07 Å². The van der Waals surface area contributed by atoms with E-state index in [1.807, 2.05) is 6.92 Å². The molecule has 1 saturated carbocycles. The van der Waals surface area contributed by atoms with Gasteiger partial charge in [-0.15, -0.1) is 0 Å². The summed E-state index contributed by atoms with van der Waals surface area (Å²) in [4.78, 5) is 14.0. The maximum absolute atomic E-state index is 12.5. The Balaban J connectivity index is 1.92. The molecule has 0 unspecified atom stereocenters. The number of rotatable bonds is 6. The topological polar surface area (TPSA) is 61.8 Å². The van der Waals surface area contributed by atoms with Crippen LogP contribution < -0.4 is 10.1 Å². The van der Waals surface area contributed by atoms with E-state index in [4.69, 9.17) is 0 Å². The number of benzene rings is 1. The molecule has 1 aromatic rings. The summed E-state index contributed by atoms with van der Waals surface area (Å²) in [6, 6.07) is 4.80. The van der Waals surface area contributed by atoms with Gasteiger partial charge in [0.1, 0.15) is 5.75 Å². The Kier molecular flexibility index (Phi) is 6.99. The molecule has 1 fully saturated rings. The maximum Gasteiger partial charge on any atom is 0.387 e. The minimum Gasteiger partial charge on any atom is -0.434 e. The van der Waals surface area contributed by atoms with Gasteiger partial charge in [-0.1, -0.05) is 17.7 Å². The number of aliphatic hydroxyl groups is 1. The molecule has 0 saturated heterocycles. The SMILES string of the molecule is Cc1ccc(OC(F)F)c(CNC(=O)N(C)C2CCC(CO)CC2)c1. The second kappa shape index (κ2) is 8.99. The minimum atomic E-state index is -2.90. The van der Waals surface area contributed by atoms with Crippen LogP contribution in [0.2, 0.25) is 0 Å². The molecule has 2 rings (SSSR count). The van der Waals surface area contributed by atoms with Crippen molar-refractivity contribution in [1.29, 1.82) is 0 Å². The van der Waals surface area contributed by atoms with Crippen LogP contribution >= 0.6 is 0 Å². The molecule has 0 heterocycles. The largest absolute Gasteiger partial charge is 0.434 e. The van der Waals surface area contributed by atoms with Gasteiger partial charge in [-0.05, 0) is 44.6 Å². The molecule has 0 spiro atoms. The highest BCUT2D eigenvalue weighted by molar-refractivity contribution is 5.74. The summed E-state index contributed by atoms with van der Waals surface area (Å²) in [7, 11) is 1.74. The Morgan fingerprint density at radius 3 is 2.64 bits per heavy atom. The second-order valence-electron chi connectivity index (χ2n) is 6.62. The minimum absolute atomic E-state index is 0.0759. The van der Waals surface area contributed by atoms with Crippen molar-refractivity contribution in [3.05, 3.63) is 29.3 Å². The zero-order chi connectivity index (χ0) is 18.4. The van der Waals surface area contributed by atoms with Gasteiger partial charge in [-0.2, -0.15) is 8.78 Å². The van der Waals surface area contributed by atoms with Crippen LogP contribution in [0.15, 0.2) is 18.2 Å². The summed E-state index contributed by atoms with van der Waals surface area (Å²) in [5, 5.41) is 12.0. The highest BCUT2D eigenvalue weighted by Crippen LogP contribution is 2.27. The van der Waals surface area contributed by atoms with Crippen LogP contribution in [0, 0.1) is 12.8 Å². The number of carbonyl (C=O) groups is 1. The number of amides is 2. The number of aryl methyl sites for hydroxylation is 1. The van der Waals surface area contributed by atoms with Crippen molar-refractivity contribution in [2.45, 2.75) is 51.8 Å². The number of nitrogens with one attached hydrogen (secondary N) is 1. The summed E-state index contributed by atoms with van der Waals surface area (Å²) in [6.07, 6.45) is 3.53. The van der Waals surface area contributed by atoms with Crippen LogP contribution in [0.25, 0.3) is 0 Å². The van der Waals surface area contributed by atoms with Gasteiger partial charge in [0.05, 0.1) is 0 Å². The van der Waals surface area contributed by atoms with E-state index in [9.17, 15) is 18.7 Å². The first-order chi connectivity index (χ1) is 11.9. The molecule has 0 aliphatic heterocycles. The summed E-state index contributed by atoms with van der Waals surface area (Å²) < 4.78 is 29.5. The number of halogens is 2. The molecule has 7 heteroatoms. The van der Waals surface area contributed by atoms with Crippen LogP contribution in [0.5, 0.6) is 5.75 Å². The van der Waals surface area contributed by atoms with E-state index in [1.54, 1.807) is 24.1 Å². The Morgan fingerprint density at radius 2 is 2.04 bits per heavy atom. The number of alkyl halides is 2. The first kappa shape index (κ1) is 19.4. The first-order valence-corrected chi connectivity index (χ1v) is 8.56. The Labute approximate surface area is 147 Å². The zero-order valence-corrected chi connectivity index (χ0v) is 14.7. The number of urea groups is 1. The van der Waals surface area contributed by atoms with Gasteiger partial charge in [-0.25, -0.2) is 4.79 Å². The Hall–Kier alpha value is -1.89. The smallest absolute Gasteiger partial charge is 0.387 e. The Bertz CT molecular complexity index is 575. The fourth-order valence-corrected chi connectivity index (χ4v) is 3.23. The van der Waals surface area contributed by atoms with Gasteiger partial charge in [0.15, 0.2) is 0 Å². The number of carbonyl (C=O) groups excluding carboxylic acids is 1. The molecule has 2 N–H and O–H groups in total. The molecule has 1 aliphatic rings. The van der Waals surface area contributed by atoms with E-state index in [0.29, 0.717) is 11.5 Å². The number of hydrogen-bond acceptors (Lipinski definition) is 3. The molecule has 0 bridgehead atoms. The highest BCUT2D eigenvalue weighted by Gasteiger charge is 2.26. The third kappa shape index (κ3) is 5.56. The third-order valence-corrected chi connectivity index (χ3v) is 4.80. The lowest BCUT2D eigenvalue weighted by atomic mass is 9.86. The maximum atomic E-state index is 12.5. The molecule has 1 aliphatic carbocycles. The monoisotopic (exact) mass is 356 g/mol. The summed E-state index contributed by atoms with van der Waals surface area (Å²) in [5.74, 6) is 0.404. The van der Waals surface area contributed by atoms with Crippen molar-refractivity contribution >= 4 is 6.03 Å². The number of ether oxygens (including phenoxy) is 1. The van der Waals surface area contributed by atoms with Gasteiger partial charge in [0, 0.05) is 31.8 Å². The molecule has 1 aromatic carbocycles. The quantitative estimate of drug-likeness (QED) is 0.822. The van der Waals surface area contributed by atoms with Crippen LogP contribution in [0.4, 0.5) is 13.6 Å². The lowest BCUT2D eigenvalue weighted by molar-refractivity contribution is -0.0504. The van der Waals surface area contributed by atoms with Crippen molar-refractivity contribution in [2.24, 2.45) is 5.92 Å². The van der Waals surface area contributed by atoms with Crippen molar-refractivity contribution in [3.8, 4) is 5.75 Å². The van der Waals surface area contributed by atoms with Gasteiger partial charge >= 0.3 is 12.6 Å². The molecule has 0 radical (unpaired) electrons. The Morgan fingerprint density at radius 1 is 1.36 bits per heavy atom. The van der Waals surface area contributed by atoms with E-state index in [0.717, 1.165) is 31.2 Å². The fourth-order valence-electron chi connectivity index (χ4n) is 3.23. The van der Waals surface area contributed by atoms with Gasteiger partial charge in [-0.3, -0.25) is 0 Å². The van der Waals surface area contributed by atoms with E-state index < -0.39 is 6.61 Å². The molecule has 2 amide bonds. The van der Waals surface area contributed by atoms with Crippen LogP contribution in [-0.4, -0.2) is 42.3 Å². The number of aliphatic hydroxyl groups excluding tert-OH is 1. The highest BCUT2D eigenvalue weighted by atomic mass is 19.3. The predicted octanol–water partition coefficient (Wildman–Crippen LogP) is 3.29. The number of hydrogen-bond donors (Lipinski definition) is 2. The van der Waals surface area contributed by atoms with Gasteiger partial charge in [0.2, 0.25) is 0 Å². The average molecular weight is 356 g/mol. The fraction of sp³-hybridized carbons (Fsp3) is 0.611. The van der Waals surface area contributed by atoms with Crippen LogP contribution in [0.1, 0.15) is 36.8 Å². The predicted molar refractivity (Wildman–Crippen MR) is 90.6 cm³/mol. The van der Waals surface area contributed by atoms with Crippen molar-refractivity contribution in [1.82, 2.24) is 10.2 Å². The van der Waals surface area contributed by atoms with Gasteiger partial charge in [0.25, 0.3) is 0 Å². The van der Waals surface area contributed by atoms with Crippen molar-refractivity contribution in [3.63, 3.8) is 0 Å². The normalized spacial score (nSPS) is 20.4. The zero-order valence-electron chi connectivity index (χ0n) is 14.7. The standard InChI is InChI=1S/C18H26F2N2O3/c1-12-3-8-16(25-17(19)20)14(9-12)10-21-18(24)22(2)15-6-4-13(11-23)5-7-15/h3,8-9,13,15,17,23H,4-7,10-11H2,1-2H3,(H,21,24). The number of nitrogens with zero attached hydrogens (tertiary/aromatic N) is 1. The summed E-state index contributed by atoms with van der Waals surface area (Å²) >= 11 is 0. The van der Waals surface area contributed by atoms with E-state index in [-0.39, 0.29) is 31.0 Å².